The zero-order chi connectivity index (χ0) is 9.97. The Bertz CT molecular complexity index is 453. The number of hydrogen-bond acceptors (Lipinski definition) is 4. The summed E-state index contributed by atoms with van der Waals surface area (Å²) in [5.74, 6) is 0.788. The highest BCUT2D eigenvalue weighted by atomic mass is 15.4. The summed E-state index contributed by atoms with van der Waals surface area (Å²) < 4.78 is 0. The van der Waals surface area contributed by atoms with Gasteiger partial charge < -0.3 is 5.43 Å². The standard InChI is InChI=1S/C10H12N4/c1-7-6-9(14-11-2)13-10-8(7)4-3-5-12-10/h3-6,11H,1-2H3,(H,12,13,14). The molecule has 0 atom stereocenters. The van der Waals surface area contributed by atoms with Crippen LogP contribution in [-0.2, 0) is 0 Å². The monoisotopic (exact) mass is 188 g/mol. The number of pyridine rings is 2. The number of hydrazine groups is 1. The van der Waals surface area contributed by atoms with Gasteiger partial charge in [-0.25, -0.2) is 15.4 Å². The van der Waals surface area contributed by atoms with Crippen molar-refractivity contribution in [3.8, 4) is 0 Å². The lowest BCUT2D eigenvalue weighted by atomic mass is 10.2. The predicted octanol–water partition coefficient (Wildman–Crippen LogP) is 1.48. The van der Waals surface area contributed by atoms with E-state index in [1.807, 2.05) is 25.1 Å². The molecule has 0 radical (unpaired) electrons. The second-order valence-corrected chi connectivity index (χ2v) is 3.07. The molecule has 72 valence electrons. The largest absolute Gasteiger partial charge is 0.306 e. The van der Waals surface area contributed by atoms with Gasteiger partial charge in [-0.05, 0) is 30.7 Å². The molecule has 0 amide bonds. The third-order valence-corrected chi connectivity index (χ3v) is 2.04. The van der Waals surface area contributed by atoms with E-state index in [1.165, 1.54) is 5.56 Å². The smallest absolute Gasteiger partial charge is 0.161 e. The number of aryl methyl sites for hydroxylation is 1. The van der Waals surface area contributed by atoms with Crippen molar-refractivity contribution in [1.82, 2.24) is 15.4 Å². The minimum absolute atomic E-state index is 0.769. The number of nitrogens with one attached hydrogen (secondary N) is 2. The second kappa shape index (κ2) is 3.59. The Hall–Kier alpha value is -1.68. The summed E-state index contributed by atoms with van der Waals surface area (Å²) in [7, 11) is 1.81. The molecule has 14 heavy (non-hydrogen) atoms. The van der Waals surface area contributed by atoms with Crippen molar-refractivity contribution in [3.05, 3.63) is 30.0 Å². The van der Waals surface area contributed by atoms with E-state index >= 15 is 0 Å². The number of hydrogen-bond donors (Lipinski definition) is 2. The zero-order valence-electron chi connectivity index (χ0n) is 8.20. The molecule has 2 heterocycles. The average Bonchev–Trinajstić information content (AvgIpc) is 2.18. The number of rotatable bonds is 2. The lowest BCUT2D eigenvalue weighted by molar-refractivity contribution is 0.966. The Morgan fingerprint density at radius 1 is 1.36 bits per heavy atom. The van der Waals surface area contributed by atoms with Crippen LogP contribution in [0.1, 0.15) is 5.56 Å². The predicted molar refractivity (Wildman–Crippen MR) is 57.0 cm³/mol. The third kappa shape index (κ3) is 1.52. The molecule has 2 rings (SSSR count). The molecule has 0 bridgehead atoms. The van der Waals surface area contributed by atoms with Crippen molar-refractivity contribution in [2.75, 3.05) is 12.5 Å². The fraction of sp³-hybridized carbons (Fsp3) is 0.200. The van der Waals surface area contributed by atoms with Crippen LogP contribution in [-0.4, -0.2) is 17.0 Å². The highest BCUT2D eigenvalue weighted by Gasteiger charge is 2.01. The number of aromatic nitrogens is 2. The molecule has 4 nitrogen and oxygen atoms in total. The first-order valence-corrected chi connectivity index (χ1v) is 4.46. The first-order valence-electron chi connectivity index (χ1n) is 4.46. The van der Waals surface area contributed by atoms with Gasteiger partial charge in [-0.1, -0.05) is 0 Å². The van der Waals surface area contributed by atoms with Crippen molar-refractivity contribution < 1.29 is 0 Å². The van der Waals surface area contributed by atoms with E-state index in [4.69, 9.17) is 0 Å². The Labute approximate surface area is 82.4 Å². The zero-order valence-corrected chi connectivity index (χ0v) is 8.20. The van der Waals surface area contributed by atoms with Crippen molar-refractivity contribution in [1.29, 1.82) is 0 Å². The summed E-state index contributed by atoms with van der Waals surface area (Å²) in [6.07, 6.45) is 1.75. The van der Waals surface area contributed by atoms with Crippen LogP contribution in [0.5, 0.6) is 0 Å². The summed E-state index contributed by atoms with van der Waals surface area (Å²) in [6, 6.07) is 5.93. The van der Waals surface area contributed by atoms with Gasteiger partial charge in [0.15, 0.2) is 5.65 Å². The highest BCUT2D eigenvalue weighted by molar-refractivity contribution is 5.80. The molecule has 0 fully saturated rings. The summed E-state index contributed by atoms with van der Waals surface area (Å²) in [5, 5.41) is 1.09. The Balaban J connectivity index is 2.60. The van der Waals surface area contributed by atoms with Crippen molar-refractivity contribution in [2.45, 2.75) is 6.92 Å². The third-order valence-electron chi connectivity index (χ3n) is 2.04. The number of fused-ring (bicyclic) bond motifs is 1. The quantitative estimate of drug-likeness (QED) is 0.701. The molecule has 0 spiro atoms. The summed E-state index contributed by atoms with van der Waals surface area (Å²) >= 11 is 0. The molecule has 0 saturated heterocycles. The van der Waals surface area contributed by atoms with E-state index in [-0.39, 0.29) is 0 Å². The molecular formula is C10H12N4. The van der Waals surface area contributed by atoms with Crippen LogP contribution in [0.2, 0.25) is 0 Å². The maximum Gasteiger partial charge on any atom is 0.161 e. The molecule has 0 unspecified atom stereocenters. The van der Waals surface area contributed by atoms with Gasteiger partial charge in [-0.3, -0.25) is 0 Å². The SMILES string of the molecule is CNNc1cc(C)c2cccnc2n1. The first kappa shape index (κ1) is 8.90. The van der Waals surface area contributed by atoms with Crippen LogP contribution in [0.4, 0.5) is 5.82 Å². The lowest BCUT2D eigenvalue weighted by Crippen LogP contribution is -2.16. The van der Waals surface area contributed by atoms with Crippen molar-refractivity contribution >= 4 is 16.9 Å². The summed E-state index contributed by atoms with van der Waals surface area (Å²) in [6.45, 7) is 2.05. The molecule has 0 aliphatic rings. The molecular weight excluding hydrogens is 176 g/mol. The molecule has 2 aromatic rings. The van der Waals surface area contributed by atoms with Crippen molar-refractivity contribution in [2.24, 2.45) is 0 Å². The van der Waals surface area contributed by atoms with Gasteiger partial charge in [0.05, 0.1) is 0 Å². The minimum atomic E-state index is 0.769. The van der Waals surface area contributed by atoms with E-state index < -0.39 is 0 Å². The Morgan fingerprint density at radius 2 is 2.21 bits per heavy atom. The first-order chi connectivity index (χ1) is 6.81. The van der Waals surface area contributed by atoms with Gasteiger partial charge in [-0.2, -0.15) is 0 Å². The van der Waals surface area contributed by atoms with Gasteiger partial charge in [0, 0.05) is 18.6 Å². The summed E-state index contributed by atoms with van der Waals surface area (Å²) in [5.41, 5.74) is 7.71. The van der Waals surface area contributed by atoms with E-state index in [1.54, 1.807) is 13.2 Å². The van der Waals surface area contributed by atoms with Crippen molar-refractivity contribution in [3.63, 3.8) is 0 Å². The molecule has 0 saturated carbocycles. The van der Waals surface area contributed by atoms with Crippen LogP contribution in [0.3, 0.4) is 0 Å². The fourth-order valence-corrected chi connectivity index (χ4v) is 1.42. The van der Waals surface area contributed by atoms with Gasteiger partial charge in [0.25, 0.3) is 0 Å². The van der Waals surface area contributed by atoms with Crippen LogP contribution in [0.15, 0.2) is 24.4 Å². The Kier molecular flexibility index (Phi) is 2.28. The molecule has 0 aromatic carbocycles. The molecule has 2 N–H and O–H groups in total. The van der Waals surface area contributed by atoms with Crippen LogP contribution >= 0.6 is 0 Å². The maximum absolute atomic E-state index is 4.34. The number of anilines is 1. The molecule has 2 aromatic heterocycles. The normalized spacial score (nSPS) is 10.4. The van der Waals surface area contributed by atoms with Crippen LogP contribution < -0.4 is 10.9 Å². The maximum atomic E-state index is 4.34. The second-order valence-electron chi connectivity index (χ2n) is 3.07. The van der Waals surface area contributed by atoms with E-state index in [0.29, 0.717) is 0 Å². The van der Waals surface area contributed by atoms with Crippen LogP contribution in [0, 0.1) is 6.92 Å². The highest BCUT2D eigenvalue weighted by Crippen LogP contribution is 2.17. The average molecular weight is 188 g/mol. The van der Waals surface area contributed by atoms with Crippen LogP contribution in [0.25, 0.3) is 11.0 Å². The van der Waals surface area contributed by atoms with Gasteiger partial charge >= 0.3 is 0 Å². The van der Waals surface area contributed by atoms with Gasteiger partial charge in [0.2, 0.25) is 0 Å². The Morgan fingerprint density at radius 3 is 3.00 bits per heavy atom. The summed E-state index contributed by atoms with van der Waals surface area (Å²) in [4.78, 5) is 8.55. The van der Waals surface area contributed by atoms with E-state index in [9.17, 15) is 0 Å². The molecule has 4 heteroatoms. The molecule has 0 aliphatic carbocycles. The van der Waals surface area contributed by atoms with E-state index in [2.05, 4.69) is 20.8 Å². The molecule has 0 aliphatic heterocycles. The minimum Gasteiger partial charge on any atom is -0.306 e. The fourth-order valence-electron chi connectivity index (χ4n) is 1.42. The number of nitrogens with zero attached hydrogens (tertiary/aromatic N) is 2. The lowest BCUT2D eigenvalue weighted by Gasteiger charge is -2.06. The van der Waals surface area contributed by atoms with E-state index in [0.717, 1.165) is 16.9 Å². The van der Waals surface area contributed by atoms with Gasteiger partial charge in [0.1, 0.15) is 5.82 Å². The van der Waals surface area contributed by atoms with Gasteiger partial charge in [-0.15, -0.1) is 0 Å². The topological polar surface area (TPSA) is 49.8 Å².